The number of pyridine rings is 2. The van der Waals surface area contributed by atoms with Crippen molar-refractivity contribution in [2.75, 3.05) is 6.61 Å². The molecule has 1 N–H and O–H groups in total. The molecule has 0 fully saturated rings. The van der Waals surface area contributed by atoms with Gasteiger partial charge in [0.25, 0.3) is 0 Å². The summed E-state index contributed by atoms with van der Waals surface area (Å²) in [5.41, 5.74) is 1.02. The maximum absolute atomic E-state index is 10.3. The van der Waals surface area contributed by atoms with Gasteiger partial charge in [0.2, 0.25) is 0 Å². The van der Waals surface area contributed by atoms with E-state index in [-0.39, 0.29) is 0 Å². The van der Waals surface area contributed by atoms with Crippen molar-refractivity contribution >= 4 is 11.6 Å². The number of rotatable bonds is 5. The van der Waals surface area contributed by atoms with Crippen molar-refractivity contribution in [1.29, 1.82) is 0 Å². The van der Waals surface area contributed by atoms with Crippen LogP contribution in [0.4, 0.5) is 0 Å². The van der Waals surface area contributed by atoms with Crippen LogP contribution in [0.3, 0.4) is 0 Å². The van der Waals surface area contributed by atoms with Crippen molar-refractivity contribution in [1.82, 2.24) is 9.97 Å². The highest BCUT2D eigenvalue weighted by atomic mass is 35.5. The monoisotopic (exact) mass is 278 g/mol. The molecule has 0 saturated heterocycles. The van der Waals surface area contributed by atoms with Gasteiger partial charge in [-0.3, -0.25) is 9.97 Å². The number of halogens is 1. The third kappa shape index (κ3) is 3.43. The molecule has 0 aromatic carbocycles. The zero-order valence-corrected chi connectivity index (χ0v) is 11.3. The summed E-state index contributed by atoms with van der Waals surface area (Å²) in [6, 6.07) is 5.16. The van der Waals surface area contributed by atoms with Gasteiger partial charge in [-0.05, 0) is 24.6 Å². The lowest BCUT2D eigenvalue weighted by molar-refractivity contribution is 0.214. The Labute approximate surface area is 117 Å². The molecule has 0 amide bonds. The summed E-state index contributed by atoms with van der Waals surface area (Å²) in [7, 11) is 0. The van der Waals surface area contributed by atoms with E-state index in [2.05, 4.69) is 9.97 Å². The fourth-order valence-corrected chi connectivity index (χ4v) is 1.87. The van der Waals surface area contributed by atoms with Gasteiger partial charge < -0.3 is 9.84 Å². The molecule has 2 aromatic rings. The van der Waals surface area contributed by atoms with Gasteiger partial charge in [-0.25, -0.2) is 0 Å². The molecule has 0 spiro atoms. The maximum atomic E-state index is 10.3. The molecule has 0 radical (unpaired) electrons. The third-order valence-corrected chi connectivity index (χ3v) is 2.89. The van der Waals surface area contributed by atoms with Gasteiger partial charge in [-0.15, -0.1) is 0 Å². The molecule has 0 aliphatic heterocycles. The molecule has 2 heterocycles. The van der Waals surface area contributed by atoms with Crippen LogP contribution in [0.25, 0.3) is 0 Å². The van der Waals surface area contributed by atoms with Gasteiger partial charge in [0, 0.05) is 18.0 Å². The topological polar surface area (TPSA) is 55.2 Å². The van der Waals surface area contributed by atoms with Crippen LogP contribution in [0.2, 0.25) is 5.02 Å². The maximum Gasteiger partial charge on any atom is 0.137 e. The molecule has 0 aliphatic rings. The second kappa shape index (κ2) is 6.50. The first-order valence-corrected chi connectivity index (χ1v) is 6.46. The molecule has 0 saturated carbocycles. The van der Waals surface area contributed by atoms with Gasteiger partial charge in [-0.1, -0.05) is 18.5 Å². The largest absolute Gasteiger partial charge is 0.492 e. The minimum absolute atomic E-state index is 0.415. The molecule has 1 atom stereocenters. The Bertz CT molecular complexity index is 548. The summed E-state index contributed by atoms with van der Waals surface area (Å²) in [6.07, 6.45) is 4.79. The summed E-state index contributed by atoms with van der Waals surface area (Å²) in [5, 5.41) is 10.7. The van der Waals surface area contributed by atoms with Crippen LogP contribution in [0.1, 0.15) is 30.7 Å². The molecule has 19 heavy (non-hydrogen) atoms. The van der Waals surface area contributed by atoms with E-state index >= 15 is 0 Å². The summed E-state index contributed by atoms with van der Waals surface area (Å²) in [5.74, 6) is 0.630. The quantitative estimate of drug-likeness (QED) is 0.913. The van der Waals surface area contributed by atoms with Crippen molar-refractivity contribution in [3.05, 3.63) is 53.1 Å². The zero-order valence-electron chi connectivity index (χ0n) is 10.6. The Balaban J connectivity index is 2.24. The van der Waals surface area contributed by atoms with Gasteiger partial charge in [-0.2, -0.15) is 0 Å². The van der Waals surface area contributed by atoms with E-state index in [9.17, 15) is 5.11 Å². The minimum atomic E-state index is -0.911. The Morgan fingerprint density at radius 3 is 3.00 bits per heavy atom. The standard InChI is InChI=1S/C14H15ClN2O2/c1-2-6-19-11-7-10(8-16-9-11)14(18)13-12(15)4-3-5-17-13/h3-5,7-9,14,18H,2,6H2,1H3. The first-order chi connectivity index (χ1) is 9.22. The Hall–Kier alpha value is -1.65. The Morgan fingerprint density at radius 2 is 2.26 bits per heavy atom. The van der Waals surface area contributed by atoms with E-state index in [1.807, 2.05) is 6.92 Å². The van der Waals surface area contributed by atoms with Crippen LogP contribution < -0.4 is 4.74 Å². The van der Waals surface area contributed by atoms with E-state index in [1.165, 1.54) is 0 Å². The molecule has 1 unspecified atom stereocenters. The average Bonchev–Trinajstić information content (AvgIpc) is 2.45. The SMILES string of the molecule is CCCOc1cncc(C(O)c2ncccc2Cl)c1. The van der Waals surface area contributed by atoms with Gasteiger partial charge in [0.15, 0.2) is 0 Å². The highest BCUT2D eigenvalue weighted by Gasteiger charge is 2.16. The summed E-state index contributed by atoms with van der Waals surface area (Å²) < 4.78 is 5.49. The molecule has 0 bridgehead atoms. The van der Waals surface area contributed by atoms with Gasteiger partial charge in [0.05, 0.1) is 23.5 Å². The smallest absolute Gasteiger partial charge is 0.137 e. The highest BCUT2D eigenvalue weighted by Crippen LogP contribution is 2.27. The molecule has 4 nitrogen and oxygen atoms in total. The zero-order chi connectivity index (χ0) is 13.7. The van der Waals surface area contributed by atoms with Crippen molar-refractivity contribution in [2.24, 2.45) is 0 Å². The second-order valence-electron chi connectivity index (χ2n) is 4.08. The number of hydrogen-bond donors (Lipinski definition) is 1. The fourth-order valence-electron chi connectivity index (χ4n) is 1.64. The number of hydrogen-bond acceptors (Lipinski definition) is 4. The van der Waals surface area contributed by atoms with E-state index in [4.69, 9.17) is 16.3 Å². The predicted octanol–water partition coefficient (Wildman–Crippen LogP) is 3.00. The van der Waals surface area contributed by atoms with Crippen LogP contribution in [0.5, 0.6) is 5.75 Å². The van der Waals surface area contributed by atoms with Crippen molar-refractivity contribution in [3.63, 3.8) is 0 Å². The van der Waals surface area contributed by atoms with Gasteiger partial charge in [0.1, 0.15) is 11.9 Å². The third-order valence-electron chi connectivity index (χ3n) is 2.57. The number of aromatic nitrogens is 2. The van der Waals surface area contributed by atoms with Crippen molar-refractivity contribution in [2.45, 2.75) is 19.4 Å². The predicted molar refractivity (Wildman–Crippen MR) is 73.3 cm³/mol. The highest BCUT2D eigenvalue weighted by molar-refractivity contribution is 6.31. The normalized spacial score (nSPS) is 12.2. The van der Waals surface area contributed by atoms with Crippen LogP contribution in [-0.2, 0) is 0 Å². The first-order valence-electron chi connectivity index (χ1n) is 6.08. The number of ether oxygens (including phenoxy) is 1. The molecular formula is C14H15ClN2O2. The summed E-state index contributed by atoms with van der Waals surface area (Å²) in [6.45, 7) is 2.64. The lowest BCUT2D eigenvalue weighted by Crippen LogP contribution is -2.04. The lowest BCUT2D eigenvalue weighted by atomic mass is 10.1. The number of aliphatic hydroxyl groups excluding tert-OH is 1. The summed E-state index contributed by atoms with van der Waals surface area (Å²) in [4.78, 5) is 8.15. The minimum Gasteiger partial charge on any atom is -0.492 e. The molecule has 2 aromatic heterocycles. The van der Waals surface area contributed by atoms with E-state index < -0.39 is 6.10 Å². The molecule has 0 aliphatic carbocycles. The molecule has 5 heteroatoms. The molecule has 2 rings (SSSR count). The molecule has 100 valence electrons. The van der Waals surface area contributed by atoms with E-state index in [0.29, 0.717) is 28.6 Å². The van der Waals surface area contributed by atoms with Crippen molar-refractivity contribution in [3.8, 4) is 5.75 Å². The molecular weight excluding hydrogens is 264 g/mol. The van der Waals surface area contributed by atoms with Gasteiger partial charge >= 0.3 is 0 Å². The lowest BCUT2D eigenvalue weighted by Gasteiger charge is -2.12. The first kappa shape index (κ1) is 13.8. The second-order valence-corrected chi connectivity index (χ2v) is 4.48. The Kier molecular flexibility index (Phi) is 4.71. The number of nitrogens with zero attached hydrogens (tertiary/aromatic N) is 2. The average molecular weight is 279 g/mol. The van der Waals surface area contributed by atoms with Crippen molar-refractivity contribution < 1.29 is 9.84 Å². The van der Waals surface area contributed by atoms with Crippen LogP contribution >= 0.6 is 11.6 Å². The Morgan fingerprint density at radius 1 is 1.42 bits per heavy atom. The van der Waals surface area contributed by atoms with E-state index in [1.54, 1.807) is 36.8 Å². The fraction of sp³-hybridized carbons (Fsp3) is 0.286. The van der Waals surface area contributed by atoms with Crippen LogP contribution in [-0.4, -0.2) is 21.7 Å². The van der Waals surface area contributed by atoms with Crippen LogP contribution in [0, 0.1) is 0 Å². The number of aliphatic hydroxyl groups is 1. The van der Waals surface area contributed by atoms with Crippen LogP contribution in [0.15, 0.2) is 36.8 Å². The van der Waals surface area contributed by atoms with E-state index in [0.717, 1.165) is 6.42 Å². The summed E-state index contributed by atoms with van der Waals surface area (Å²) >= 11 is 6.02.